The second-order valence-corrected chi connectivity index (χ2v) is 3.32. The highest BCUT2D eigenvalue weighted by atomic mass is 16.3. The fraction of sp³-hybridized carbons (Fsp3) is 0.0909. The van der Waals surface area contributed by atoms with Gasteiger partial charge in [-0.1, -0.05) is 0 Å². The second-order valence-electron chi connectivity index (χ2n) is 3.32. The average molecular weight is 218 g/mol. The number of aromatic hydroxyl groups is 1. The van der Waals surface area contributed by atoms with Gasteiger partial charge in [-0.3, -0.25) is 9.78 Å². The smallest absolute Gasteiger partial charge is 0.254 e. The van der Waals surface area contributed by atoms with Gasteiger partial charge in [0.25, 0.3) is 5.91 Å². The minimum atomic E-state index is -0.724. The molecule has 2 aromatic rings. The van der Waals surface area contributed by atoms with Crippen LogP contribution in [-0.4, -0.2) is 16.0 Å². The fourth-order valence-corrected chi connectivity index (χ4v) is 1.49. The summed E-state index contributed by atoms with van der Waals surface area (Å²) in [5.41, 5.74) is 6.06. The van der Waals surface area contributed by atoms with Crippen molar-refractivity contribution in [2.45, 2.75) is 6.92 Å². The second kappa shape index (κ2) is 3.69. The maximum absolute atomic E-state index is 11.0. The summed E-state index contributed by atoms with van der Waals surface area (Å²) in [4.78, 5) is 15.0. The Bertz CT molecular complexity index is 532. The van der Waals surface area contributed by atoms with Crippen molar-refractivity contribution in [3.63, 3.8) is 0 Å². The molecule has 0 atom stereocenters. The molecule has 0 bridgehead atoms. The minimum absolute atomic E-state index is 0.0167. The lowest BCUT2D eigenvalue weighted by molar-refractivity contribution is 0.0997. The van der Waals surface area contributed by atoms with E-state index in [0.717, 1.165) is 0 Å². The van der Waals surface area contributed by atoms with E-state index in [1.165, 1.54) is 12.5 Å². The quantitative estimate of drug-likeness (QED) is 0.798. The number of carbonyl (C=O) groups excluding carboxylic acids is 1. The van der Waals surface area contributed by atoms with E-state index >= 15 is 0 Å². The van der Waals surface area contributed by atoms with Crippen molar-refractivity contribution in [1.29, 1.82) is 0 Å². The number of hydrogen-bond acceptors (Lipinski definition) is 4. The van der Waals surface area contributed by atoms with E-state index in [2.05, 4.69) is 4.98 Å². The van der Waals surface area contributed by atoms with Crippen LogP contribution in [-0.2, 0) is 0 Å². The maximum Gasteiger partial charge on any atom is 0.254 e. The summed E-state index contributed by atoms with van der Waals surface area (Å²) >= 11 is 0. The highest BCUT2D eigenvalue weighted by Gasteiger charge is 2.18. The molecule has 0 radical (unpaired) electrons. The molecule has 0 spiro atoms. The van der Waals surface area contributed by atoms with Crippen LogP contribution in [0.4, 0.5) is 0 Å². The Balaban J connectivity index is 2.69. The zero-order chi connectivity index (χ0) is 11.7. The van der Waals surface area contributed by atoms with Crippen molar-refractivity contribution in [2.75, 3.05) is 0 Å². The number of hydrogen-bond donors (Lipinski definition) is 2. The molecule has 0 aliphatic heterocycles. The molecule has 0 saturated carbocycles. The third-order valence-corrected chi connectivity index (χ3v) is 2.27. The standard InChI is InChI=1S/C11H10N2O3/c1-6-9(8-3-2-4-16-8)10(14)7(5-13-6)11(12)15/h2-5H,1H3,(H2,12,15)(H,13,14). The van der Waals surface area contributed by atoms with E-state index < -0.39 is 5.91 Å². The van der Waals surface area contributed by atoms with Crippen LogP contribution >= 0.6 is 0 Å². The van der Waals surface area contributed by atoms with Crippen LogP contribution in [0.3, 0.4) is 0 Å². The molecule has 0 aliphatic rings. The number of rotatable bonds is 2. The summed E-state index contributed by atoms with van der Waals surface area (Å²) in [6, 6.07) is 3.36. The molecule has 1 amide bonds. The molecule has 16 heavy (non-hydrogen) atoms. The van der Waals surface area contributed by atoms with Crippen molar-refractivity contribution >= 4 is 5.91 Å². The first-order valence-electron chi connectivity index (χ1n) is 4.63. The minimum Gasteiger partial charge on any atom is -0.506 e. The van der Waals surface area contributed by atoms with Gasteiger partial charge in [-0.05, 0) is 19.1 Å². The first-order chi connectivity index (χ1) is 7.61. The lowest BCUT2D eigenvalue weighted by atomic mass is 10.1. The number of amides is 1. The summed E-state index contributed by atoms with van der Waals surface area (Å²) in [6.45, 7) is 1.71. The zero-order valence-electron chi connectivity index (χ0n) is 8.60. The SMILES string of the molecule is Cc1ncc(C(N)=O)c(O)c1-c1ccco1. The fourth-order valence-electron chi connectivity index (χ4n) is 1.49. The van der Waals surface area contributed by atoms with Crippen LogP contribution in [0.25, 0.3) is 11.3 Å². The van der Waals surface area contributed by atoms with Gasteiger partial charge in [0.2, 0.25) is 0 Å². The summed E-state index contributed by atoms with van der Waals surface area (Å²) in [5.74, 6) is -0.474. The number of nitrogens with two attached hydrogens (primary N) is 1. The van der Waals surface area contributed by atoms with Gasteiger partial charge in [-0.25, -0.2) is 0 Å². The van der Waals surface area contributed by atoms with Crippen LogP contribution in [0.2, 0.25) is 0 Å². The van der Waals surface area contributed by atoms with E-state index in [1.807, 2.05) is 0 Å². The Morgan fingerprint density at radius 1 is 1.56 bits per heavy atom. The van der Waals surface area contributed by atoms with Crippen molar-refractivity contribution < 1.29 is 14.3 Å². The molecule has 5 heteroatoms. The van der Waals surface area contributed by atoms with Gasteiger partial charge in [-0.15, -0.1) is 0 Å². The molecule has 5 nitrogen and oxygen atoms in total. The Hall–Kier alpha value is -2.30. The number of furan rings is 1. The number of aryl methyl sites for hydroxylation is 1. The molecular formula is C11H10N2O3. The van der Waals surface area contributed by atoms with Crippen molar-refractivity contribution in [1.82, 2.24) is 4.98 Å². The molecule has 0 unspecified atom stereocenters. The van der Waals surface area contributed by atoms with Crippen molar-refractivity contribution in [2.24, 2.45) is 5.73 Å². The summed E-state index contributed by atoms with van der Waals surface area (Å²) < 4.78 is 5.16. The molecule has 3 N–H and O–H groups in total. The Morgan fingerprint density at radius 3 is 2.88 bits per heavy atom. The number of nitrogens with zero attached hydrogens (tertiary/aromatic N) is 1. The van der Waals surface area contributed by atoms with Crippen LogP contribution in [0, 0.1) is 6.92 Å². The topological polar surface area (TPSA) is 89.3 Å². The molecule has 2 aromatic heterocycles. The van der Waals surface area contributed by atoms with Crippen LogP contribution < -0.4 is 5.73 Å². The predicted octanol–water partition coefficient (Wildman–Crippen LogP) is 1.45. The lowest BCUT2D eigenvalue weighted by Gasteiger charge is -2.07. The number of pyridine rings is 1. The zero-order valence-corrected chi connectivity index (χ0v) is 8.60. The summed E-state index contributed by atoms with van der Waals surface area (Å²) in [6.07, 6.45) is 2.73. The predicted molar refractivity (Wildman–Crippen MR) is 56.9 cm³/mol. The van der Waals surface area contributed by atoms with Gasteiger partial charge in [0, 0.05) is 6.20 Å². The van der Waals surface area contributed by atoms with Gasteiger partial charge >= 0.3 is 0 Å². The maximum atomic E-state index is 11.0. The Kier molecular flexibility index (Phi) is 2.36. The van der Waals surface area contributed by atoms with E-state index in [-0.39, 0.29) is 11.3 Å². The highest BCUT2D eigenvalue weighted by molar-refractivity contribution is 5.97. The molecule has 0 saturated heterocycles. The average Bonchev–Trinajstić information content (AvgIpc) is 2.70. The van der Waals surface area contributed by atoms with E-state index in [1.54, 1.807) is 19.1 Å². The summed E-state index contributed by atoms with van der Waals surface area (Å²) in [7, 11) is 0. The van der Waals surface area contributed by atoms with E-state index in [4.69, 9.17) is 10.2 Å². The number of primary amides is 1. The van der Waals surface area contributed by atoms with Gasteiger partial charge in [0.05, 0.1) is 23.1 Å². The van der Waals surface area contributed by atoms with Crippen LogP contribution in [0.15, 0.2) is 29.0 Å². The Morgan fingerprint density at radius 2 is 2.31 bits per heavy atom. The Labute approximate surface area is 91.5 Å². The normalized spacial score (nSPS) is 10.3. The molecule has 0 aliphatic carbocycles. The molecule has 2 heterocycles. The summed E-state index contributed by atoms with van der Waals surface area (Å²) in [5, 5.41) is 9.91. The molecule has 2 rings (SSSR count). The van der Waals surface area contributed by atoms with Gasteiger partial charge in [0.1, 0.15) is 11.5 Å². The monoisotopic (exact) mass is 218 g/mol. The lowest BCUT2D eigenvalue weighted by Crippen LogP contribution is -2.12. The van der Waals surface area contributed by atoms with Crippen molar-refractivity contribution in [3.8, 4) is 17.1 Å². The van der Waals surface area contributed by atoms with E-state index in [0.29, 0.717) is 17.0 Å². The molecule has 82 valence electrons. The molecule has 0 fully saturated rings. The van der Waals surface area contributed by atoms with E-state index in [9.17, 15) is 9.90 Å². The third kappa shape index (κ3) is 1.52. The van der Waals surface area contributed by atoms with Gasteiger partial charge in [-0.2, -0.15) is 0 Å². The third-order valence-electron chi connectivity index (χ3n) is 2.27. The number of aromatic nitrogens is 1. The van der Waals surface area contributed by atoms with Crippen LogP contribution in [0.1, 0.15) is 16.1 Å². The molecular weight excluding hydrogens is 208 g/mol. The van der Waals surface area contributed by atoms with Gasteiger partial charge < -0.3 is 15.3 Å². The molecule has 0 aromatic carbocycles. The number of carbonyl (C=O) groups is 1. The van der Waals surface area contributed by atoms with Crippen LogP contribution in [0.5, 0.6) is 5.75 Å². The van der Waals surface area contributed by atoms with Crippen molar-refractivity contribution in [3.05, 3.63) is 35.9 Å². The highest BCUT2D eigenvalue weighted by Crippen LogP contribution is 2.33. The van der Waals surface area contributed by atoms with Gasteiger partial charge in [0.15, 0.2) is 0 Å². The first-order valence-corrected chi connectivity index (χ1v) is 4.63. The largest absolute Gasteiger partial charge is 0.506 e. The first kappa shape index (κ1) is 10.2.